The molecule has 106 valence electrons. The van der Waals surface area contributed by atoms with E-state index < -0.39 is 10.0 Å². The Morgan fingerprint density at radius 3 is 2.95 bits per heavy atom. The summed E-state index contributed by atoms with van der Waals surface area (Å²) in [5.41, 5.74) is 0. The Balaban J connectivity index is 2.13. The van der Waals surface area contributed by atoms with Gasteiger partial charge in [-0.2, -0.15) is 5.10 Å². The summed E-state index contributed by atoms with van der Waals surface area (Å²) in [7, 11) is -2.04. The molecule has 2 heterocycles. The van der Waals surface area contributed by atoms with Gasteiger partial charge in [0, 0.05) is 19.7 Å². The molecule has 0 amide bonds. The number of thiazole rings is 1. The molecule has 0 aliphatic heterocycles. The standard InChI is InChI=1S/C11H12N4O3S2/c1-15-8-10(7-13-15)20(17,18)14-11-12-6-9(19-11)4-2-3-5-16/h6-8,16H,3,5H2,1H3,(H,12,14). The fourth-order valence-corrected chi connectivity index (χ4v) is 3.21. The van der Waals surface area contributed by atoms with Gasteiger partial charge in [0.15, 0.2) is 5.13 Å². The Kier molecular flexibility index (Phi) is 4.39. The van der Waals surface area contributed by atoms with Crippen LogP contribution in [0.3, 0.4) is 0 Å². The highest BCUT2D eigenvalue weighted by atomic mass is 32.2. The summed E-state index contributed by atoms with van der Waals surface area (Å²) >= 11 is 1.13. The number of nitrogens with zero attached hydrogens (tertiary/aromatic N) is 3. The lowest BCUT2D eigenvalue weighted by Crippen LogP contribution is -2.11. The minimum Gasteiger partial charge on any atom is -0.395 e. The molecule has 2 aromatic rings. The number of aryl methyl sites for hydroxylation is 1. The van der Waals surface area contributed by atoms with Crippen molar-refractivity contribution in [3.63, 3.8) is 0 Å². The van der Waals surface area contributed by atoms with Gasteiger partial charge in [-0.15, -0.1) is 0 Å². The molecule has 0 saturated carbocycles. The fourth-order valence-electron chi connectivity index (χ4n) is 1.30. The minimum absolute atomic E-state index is 0.00764. The monoisotopic (exact) mass is 312 g/mol. The molecule has 0 radical (unpaired) electrons. The third-order valence-corrected chi connectivity index (χ3v) is 4.42. The van der Waals surface area contributed by atoms with Crippen molar-refractivity contribution in [1.82, 2.24) is 14.8 Å². The van der Waals surface area contributed by atoms with Crippen LogP contribution in [-0.4, -0.2) is 34.9 Å². The maximum absolute atomic E-state index is 12.0. The van der Waals surface area contributed by atoms with Crippen molar-refractivity contribution in [3.05, 3.63) is 23.5 Å². The molecule has 2 aromatic heterocycles. The number of rotatable bonds is 4. The van der Waals surface area contributed by atoms with Crippen molar-refractivity contribution >= 4 is 26.5 Å². The van der Waals surface area contributed by atoms with Gasteiger partial charge in [0.1, 0.15) is 4.90 Å². The van der Waals surface area contributed by atoms with Crippen LogP contribution in [0.15, 0.2) is 23.5 Å². The van der Waals surface area contributed by atoms with Gasteiger partial charge < -0.3 is 5.11 Å². The second-order valence-electron chi connectivity index (χ2n) is 3.76. The molecule has 2 N–H and O–H groups in total. The number of aromatic nitrogens is 3. The lowest BCUT2D eigenvalue weighted by atomic mass is 10.4. The first-order valence-corrected chi connectivity index (χ1v) is 7.88. The number of hydrogen-bond acceptors (Lipinski definition) is 6. The van der Waals surface area contributed by atoms with E-state index in [2.05, 4.69) is 26.6 Å². The van der Waals surface area contributed by atoms with Crippen molar-refractivity contribution in [3.8, 4) is 11.8 Å². The highest BCUT2D eigenvalue weighted by Gasteiger charge is 2.17. The zero-order valence-corrected chi connectivity index (χ0v) is 12.2. The Morgan fingerprint density at radius 2 is 2.30 bits per heavy atom. The highest BCUT2D eigenvalue weighted by molar-refractivity contribution is 7.93. The van der Waals surface area contributed by atoms with Crippen LogP contribution in [-0.2, 0) is 17.1 Å². The molecule has 0 bridgehead atoms. The van der Waals surface area contributed by atoms with E-state index in [0.29, 0.717) is 11.3 Å². The molecule has 0 unspecified atom stereocenters. The number of sulfonamides is 1. The molecule has 9 heteroatoms. The summed E-state index contributed by atoms with van der Waals surface area (Å²) in [4.78, 5) is 4.65. The van der Waals surface area contributed by atoms with E-state index >= 15 is 0 Å². The molecule has 2 rings (SSSR count). The first-order chi connectivity index (χ1) is 9.51. The molecule has 0 aliphatic carbocycles. The first-order valence-electron chi connectivity index (χ1n) is 5.58. The average molecular weight is 312 g/mol. The summed E-state index contributed by atoms with van der Waals surface area (Å²) in [6, 6.07) is 0. The van der Waals surface area contributed by atoms with Crippen LogP contribution in [0.4, 0.5) is 5.13 Å². The topological polar surface area (TPSA) is 97.1 Å². The van der Waals surface area contributed by atoms with Crippen molar-refractivity contribution < 1.29 is 13.5 Å². The van der Waals surface area contributed by atoms with Crippen molar-refractivity contribution in [2.75, 3.05) is 11.3 Å². The number of nitrogens with one attached hydrogen (secondary N) is 1. The fraction of sp³-hybridized carbons (Fsp3) is 0.273. The Labute approximate surface area is 120 Å². The van der Waals surface area contributed by atoms with Crippen molar-refractivity contribution in [2.45, 2.75) is 11.3 Å². The second-order valence-corrected chi connectivity index (χ2v) is 6.47. The minimum atomic E-state index is -3.68. The van der Waals surface area contributed by atoms with E-state index in [4.69, 9.17) is 5.11 Å². The van der Waals surface area contributed by atoms with Crippen LogP contribution in [0, 0.1) is 11.8 Å². The van der Waals surface area contributed by atoms with Crippen molar-refractivity contribution in [1.29, 1.82) is 0 Å². The largest absolute Gasteiger partial charge is 0.395 e. The van der Waals surface area contributed by atoms with E-state index in [1.807, 2.05) is 0 Å². The molecule has 0 saturated heterocycles. The average Bonchev–Trinajstić information content (AvgIpc) is 2.99. The maximum Gasteiger partial charge on any atom is 0.266 e. The van der Waals surface area contributed by atoms with Crippen LogP contribution >= 0.6 is 11.3 Å². The molecule has 0 atom stereocenters. The van der Waals surface area contributed by atoms with Gasteiger partial charge in [-0.05, 0) is 0 Å². The van der Waals surface area contributed by atoms with Gasteiger partial charge in [0.05, 0.1) is 23.9 Å². The number of hydrogen-bond donors (Lipinski definition) is 2. The molecule has 0 aromatic carbocycles. The molecule has 0 spiro atoms. The Morgan fingerprint density at radius 1 is 1.50 bits per heavy atom. The van der Waals surface area contributed by atoms with E-state index in [1.54, 1.807) is 7.05 Å². The Hall–Kier alpha value is -1.89. The lowest BCUT2D eigenvalue weighted by Gasteiger charge is -2.00. The zero-order valence-electron chi connectivity index (χ0n) is 10.6. The van der Waals surface area contributed by atoms with Gasteiger partial charge in [0.25, 0.3) is 10.0 Å². The number of aliphatic hydroxyl groups excluding tert-OH is 1. The number of anilines is 1. The Bertz CT molecular complexity index is 752. The van der Waals surface area contributed by atoms with Gasteiger partial charge in [-0.3, -0.25) is 9.40 Å². The van der Waals surface area contributed by atoms with E-state index in [0.717, 1.165) is 11.3 Å². The van der Waals surface area contributed by atoms with Gasteiger partial charge in [0.2, 0.25) is 0 Å². The third kappa shape index (κ3) is 3.57. The predicted octanol–water partition coefficient (Wildman–Crippen LogP) is 0.411. The van der Waals surface area contributed by atoms with Crippen LogP contribution in [0.2, 0.25) is 0 Å². The second kappa shape index (κ2) is 6.04. The van der Waals surface area contributed by atoms with E-state index in [9.17, 15) is 8.42 Å². The molecular weight excluding hydrogens is 300 g/mol. The van der Waals surface area contributed by atoms with Gasteiger partial charge in [-0.1, -0.05) is 23.2 Å². The summed E-state index contributed by atoms with van der Waals surface area (Å²) < 4.78 is 27.8. The lowest BCUT2D eigenvalue weighted by molar-refractivity contribution is 0.305. The van der Waals surface area contributed by atoms with E-state index in [-0.39, 0.29) is 16.6 Å². The maximum atomic E-state index is 12.0. The molecule has 0 fully saturated rings. The third-order valence-electron chi connectivity index (χ3n) is 2.17. The summed E-state index contributed by atoms with van der Waals surface area (Å²) in [5, 5.41) is 12.7. The number of aliphatic hydroxyl groups is 1. The SMILES string of the molecule is Cn1cc(S(=O)(=O)Nc2ncc(C#CCCO)s2)cn1. The van der Waals surface area contributed by atoms with Crippen LogP contribution in [0.5, 0.6) is 0 Å². The summed E-state index contributed by atoms with van der Waals surface area (Å²) in [6.45, 7) is -0.00764. The molecule has 20 heavy (non-hydrogen) atoms. The predicted molar refractivity (Wildman–Crippen MR) is 74.7 cm³/mol. The normalized spacial score (nSPS) is 10.9. The summed E-state index contributed by atoms with van der Waals surface area (Å²) in [5.74, 6) is 5.53. The summed E-state index contributed by atoms with van der Waals surface area (Å²) in [6.07, 6.45) is 4.51. The van der Waals surface area contributed by atoms with Gasteiger partial charge in [-0.25, -0.2) is 13.4 Å². The molecule has 0 aliphatic rings. The van der Waals surface area contributed by atoms with E-state index in [1.165, 1.54) is 23.3 Å². The molecular formula is C11H12N4O3S2. The quantitative estimate of drug-likeness (QED) is 0.797. The molecule has 7 nitrogen and oxygen atoms in total. The smallest absolute Gasteiger partial charge is 0.266 e. The first kappa shape index (κ1) is 14.5. The van der Waals surface area contributed by atoms with Crippen molar-refractivity contribution in [2.24, 2.45) is 7.05 Å². The zero-order chi connectivity index (χ0) is 14.6. The highest BCUT2D eigenvalue weighted by Crippen LogP contribution is 2.20. The van der Waals surface area contributed by atoms with Crippen LogP contribution in [0.25, 0.3) is 0 Å². The van der Waals surface area contributed by atoms with Crippen LogP contribution in [0.1, 0.15) is 11.3 Å². The van der Waals surface area contributed by atoms with Gasteiger partial charge >= 0.3 is 0 Å². The van der Waals surface area contributed by atoms with Crippen LogP contribution < -0.4 is 4.72 Å².